The van der Waals surface area contributed by atoms with E-state index in [-0.39, 0.29) is 23.9 Å². The fourth-order valence-electron chi connectivity index (χ4n) is 3.00. The number of hydrogen-bond donors (Lipinski definition) is 0. The van der Waals surface area contributed by atoms with Crippen LogP contribution in [-0.4, -0.2) is 23.1 Å². The Morgan fingerprint density at radius 3 is 2.39 bits per heavy atom. The van der Waals surface area contributed by atoms with Crippen molar-refractivity contribution in [2.75, 3.05) is 0 Å². The SMILES string of the molecule is CC(C)(C)OC(=O)C(C(=O)c1ccccc1)C1CCCC(=O)C1. The molecule has 4 nitrogen and oxygen atoms in total. The van der Waals surface area contributed by atoms with E-state index in [0.29, 0.717) is 18.4 Å². The molecule has 124 valence electrons. The van der Waals surface area contributed by atoms with Crippen molar-refractivity contribution in [1.29, 1.82) is 0 Å². The van der Waals surface area contributed by atoms with Crippen molar-refractivity contribution < 1.29 is 19.1 Å². The maximum atomic E-state index is 12.9. The summed E-state index contributed by atoms with van der Waals surface area (Å²) in [5.74, 6) is -1.82. The number of benzene rings is 1. The molecule has 0 aliphatic heterocycles. The highest BCUT2D eigenvalue weighted by Gasteiger charge is 2.40. The fraction of sp³-hybridized carbons (Fsp3) is 0.526. The second-order valence-corrected chi connectivity index (χ2v) is 7.14. The van der Waals surface area contributed by atoms with Crippen molar-refractivity contribution in [3.8, 4) is 0 Å². The van der Waals surface area contributed by atoms with Crippen molar-refractivity contribution in [2.45, 2.75) is 52.1 Å². The molecule has 23 heavy (non-hydrogen) atoms. The number of hydrogen-bond acceptors (Lipinski definition) is 4. The van der Waals surface area contributed by atoms with Crippen LogP contribution in [0.4, 0.5) is 0 Å². The lowest BCUT2D eigenvalue weighted by molar-refractivity contribution is -0.160. The molecule has 1 aliphatic rings. The zero-order valence-corrected chi connectivity index (χ0v) is 14.0. The Hall–Kier alpha value is -1.97. The first-order chi connectivity index (χ1) is 10.8. The maximum absolute atomic E-state index is 12.9. The lowest BCUT2D eigenvalue weighted by Gasteiger charge is -2.30. The summed E-state index contributed by atoms with van der Waals surface area (Å²) in [6, 6.07) is 8.76. The number of ether oxygens (including phenoxy) is 1. The van der Waals surface area contributed by atoms with Gasteiger partial charge in [-0.1, -0.05) is 30.3 Å². The summed E-state index contributed by atoms with van der Waals surface area (Å²) in [6.45, 7) is 5.34. The molecule has 0 bridgehead atoms. The molecular weight excluding hydrogens is 292 g/mol. The van der Waals surface area contributed by atoms with Gasteiger partial charge in [0.15, 0.2) is 5.78 Å². The molecular formula is C19H24O4. The molecule has 0 aromatic heterocycles. The molecule has 0 spiro atoms. The summed E-state index contributed by atoms with van der Waals surface area (Å²) in [4.78, 5) is 37.3. The lowest BCUT2D eigenvalue weighted by atomic mass is 9.76. The molecule has 1 saturated carbocycles. The zero-order valence-electron chi connectivity index (χ0n) is 14.0. The minimum atomic E-state index is -0.902. The van der Waals surface area contributed by atoms with Gasteiger partial charge in [-0.15, -0.1) is 0 Å². The predicted octanol–water partition coefficient (Wildman–Crippen LogP) is 3.59. The van der Waals surface area contributed by atoms with Crippen LogP contribution in [0.25, 0.3) is 0 Å². The molecule has 0 amide bonds. The van der Waals surface area contributed by atoms with Crippen LogP contribution < -0.4 is 0 Å². The Kier molecular flexibility index (Phi) is 5.34. The first-order valence-corrected chi connectivity index (χ1v) is 8.12. The average Bonchev–Trinajstić information content (AvgIpc) is 2.46. The van der Waals surface area contributed by atoms with Gasteiger partial charge in [0.2, 0.25) is 0 Å². The molecule has 0 radical (unpaired) electrons. The van der Waals surface area contributed by atoms with E-state index in [9.17, 15) is 14.4 Å². The van der Waals surface area contributed by atoms with E-state index >= 15 is 0 Å². The monoisotopic (exact) mass is 316 g/mol. The maximum Gasteiger partial charge on any atom is 0.317 e. The van der Waals surface area contributed by atoms with Gasteiger partial charge in [0.25, 0.3) is 0 Å². The van der Waals surface area contributed by atoms with Gasteiger partial charge >= 0.3 is 5.97 Å². The number of esters is 1. The molecule has 0 saturated heterocycles. The molecule has 1 aliphatic carbocycles. The predicted molar refractivity (Wildman–Crippen MR) is 87.1 cm³/mol. The molecule has 2 rings (SSSR count). The van der Waals surface area contributed by atoms with E-state index in [2.05, 4.69) is 0 Å². The molecule has 1 aromatic rings. The summed E-state index contributed by atoms with van der Waals surface area (Å²) in [7, 11) is 0. The third-order valence-corrected chi connectivity index (χ3v) is 3.99. The van der Waals surface area contributed by atoms with Crippen LogP contribution in [0.15, 0.2) is 30.3 Å². The Balaban J connectivity index is 2.29. The van der Waals surface area contributed by atoms with Gasteiger partial charge in [0.1, 0.15) is 17.3 Å². The second-order valence-electron chi connectivity index (χ2n) is 7.14. The van der Waals surface area contributed by atoms with E-state index in [4.69, 9.17) is 4.74 Å². The Labute approximate surface area is 137 Å². The fourth-order valence-corrected chi connectivity index (χ4v) is 3.00. The van der Waals surface area contributed by atoms with Crippen molar-refractivity contribution in [3.05, 3.63) is 35.9 Å². The smallest absolute Gasteiger partial charge is 0.317 e. The van der Waals surface area contributed by atoms with Gasteiger partial charge in [-0.2, -0.15) is 0 Å². The third-order valence-electron chi connectivity index (χ3n) is 3.99. The van der Waals surface area contributed by atoms with Gasteiger partial charge in [-0.3, -0.25) is 14.4 Å². The zero-order chi connectivity index (χ0) is 17.0. The number of rotatable bonds is 4. The molecule has 2 unspecified atom stereocenters. The quantitative estimate of drug-likeness (QED) is 0.484. The van der Waals surface area contributed by atoms with Crippen molar-refractivity contribution >= 4 is 17.5 Å². The van der Waals surface area contributed by atoms with Crippen LogP contribution >= 0.6 is 0 Å². The summed E-state index contributed by atoms with van der Waals surface area (Å²) in [5, 5.41) is 0. The van der Waals surface area contributed by atoms with Crippen molar-refractivity contribution in [2.24, 2.45) is 11.8 Å². The normalized spacial score (nSPS) is 20.0. The Bertz CT molecular complexity index is 583. The highest BCUT2D eigenvalue weighted by Crippen LogP contribution is 2.32. The van der Waals surface area contributed by atoms with E-state index in [1.54, 1.807) is 45.0 Å². The summed E-state index contributed by atoms with van der Waals surface area (Å²) >= 11 is 0. The summed E-state index contributed by atoms with van der Waals surface area (Å²) < 4.78 is 5.46. The largest absolute Gasteiger partial charge is 0.459 e. The highest BCUT2D eigenvalue weighted by molar-refractivity contribution is 6.09. The first-order valence-electron chi connectivity index (χ1n) is 8.12. The van der Waals surface area contributed by atoms with Crippen molar-refractivity contribution in [3.63, 3.8) is 0 Å². The van der Waals surface area contributed by atoms with Gasteiger partial charge in [0, 0.05) is 18.4 Å². The van der Waals surface area contributed by atoms with E-state index < -0.39 is 17.5 Å². The summed E-state index contributed by atoms with van der Waals surface area (Å²) in [5.41, 5.74) is -0.174. The standard InChI is InChI=1S/C19H24O4/c1-19(2,3)23-18(22)16(14-10-7-11-15(20)12-14)17(21)13-8-5-4-6-9-13/h4-6,8-9,14,16H,7,10-12H2,1-3H3. The summed E-state index contributed by atoms with van der Waals surface area (Å²) in [6.07, 6.45) is 2.25. The first kappa shape index (κ1) is 17.4. The third kappa shape index (κ3) is 4.75. The minimum absolute atomic E-state index is 0.121. The van der Waals surface area contributed by atoms with E-state index in [1.807, 2.05) is 6.07 Å². The molecule has 1 fully saturated rings. The Morgan fingerprint density at radius 1 is 1.17 bits per heavy atom. The Morgan fingerprint density at radius 2 is 1.83 bits per heavy atom. The molecule has 0 N–H and O–H groups in total. The average molecular weight is 316 g/mol. The number of carbonyl (C=O) groups is 3. The molecule has 2 atom stereocenters. The van der Waals surface area contributed by atoms with Crippen LogP contribution in [0, 0.1) is 11.8 Å². The minimum Gasteiger partial charge on any atom is -0.459 e. The van der Waals surface area contributed by atoms with Crippen LogP contribution in [0.3, 0.4) is 0 Å². The molecule has 4 heteroatoms. The van der Waals surface area contributed by atoms with E-state index in [1.165, 1.54) is 0 Å². The van der Waals surface area contributed by atoms with Gasteiger partial charge in [-0.25, -0.2) is 0 Å². The van der Waals surface area contributed by atoms with Crippen LogP contribution in [-0.2, 0) is 14.3 Å². The van der Waals surface area contributed by atoms with Crippen LogP contribution in [0.2, 0.25) is 0 Å². The molecule has 0 heterocycles. The van der Waals surface area contributed by atoms with Gasteiger partial charge < -0.3 is 4.74 Å². The highest BCUT2D eigenvalue weighted by atomic mass is 16.6. The number of ketones is 2. The van der Waals surface area contributed by atoms with Crippen molar-refractivity contribution in [1.82, 2.24) is 0 Å². The van der Waals surface area contributed by atoms with Gasteiger partial charge in [0.05, 0.1) is 0 Å². The lowest BCUT2D eigenvalue weighted by Crippen LogP contribution is -2.39. The van der Waals surface area contributed by atoms with Crippen LogP contribution in [0.1, 0.15) is 56.8 Å². The number of Topliss-reactive ketones (excluding diaryl/α,β-unsaturated/α-hetero) is 2. The molecule has 1 aromatic carbocycles. The van der Waals surface area contributed by atoms with Gasteiger partial charge in [-0.05, 0) is 39.5 Å². The van der Waals surface area contributed by atoms with Crippen LogP contribution in [0.5, 0.6) is 0 Å². The topological polar surface area (TPSA) is 60.4 Å². The number of carbonyl (C=O) groups excluding carboxylic acids is 3. The second kappa shape index (κ2) is 7.07. The van der Waals surface area contributed by atoms with E-state index in [0.717, 1.165) is 6.42 Å².